The molecule has 0 atom stereocenters. The van der Waals surface area contributed by atoms with E-state index in [4.69, 9.17) is 14.2 Å². The smallest absolute Gasteiger partial charge is 0.257 e. The SMILES string of the molecule is CCOc1ccc(NC(=O)c2ccc(=O)n(Cc3cc(OC)cc(OC)c3)c2)cc1. The summed E-state index contributed by atoms with van der Waals surface area (Å²) in [7, 11) is 3.13. The van der Waals surface area contributed by atoms with Gasteiger partial charge < -0.3 is 24.1 Å². The van der Waals surface area contributed by atoms with Gasteiger partial charge in [0.15, 0.2) is 0 Å². The van der Waals surface area contributed by atoms with E-state index in [9.17, 15) is 9.59 Å². The molecule has 30 heavy (non-hydrogen) atoms. The molecule has 0 aliphatic carbocycles. The van der Waals surface area contributed by atoms with Crippen molar-refractivity contribution in [2.24, 2.45) is 0 Å². The van der Waals surface area contributed by atoms with E-state index >= 15 is 0 Å². The van der Waals surface area contributed by atoms with Gasteiger partial charge in [0.1, 0.15) is 17.2 Å². The van der Waals surface area contributed by atoms with Gasteiger partial charge in [-0.1, -0.05) is 0 Å². The standard InChI is InChI=1S/C23H24N2O5/c1-4-30-19-8-6-18(7-9-19)24-23(27)17-5-10-22(26)25(15-17)14-16-11-20(28-2)13-21(12-16)29-3/h5-13,15H,4,14H2,1-3H3,(H,24,27). The molecule has 0 unspecified atom stereocenters. The summed E-state index contributed by atoms with van der Waals surface area (Å²) in [5, 5.41) is 2.82. The molecule has 3 rings (SSSR count). The fourth-order valence-corrected chi connectivity index (χ4v) is 2.95. The number of carbonyl (C=O) groups excluding carboxylic acids is 1. The number of amides is 1. The van der Waals surface area contributed by atoms with Gasteiger partial charge in [0.25, 0.3) is 11.5 Å². The molecule has 1 N–H and O–H groups in total. The van der Waals surface area contributed by atoms with Crippen LogP contribution in [0.15, 0.2) is 65.6 Å². The number of ether oxygens (including phenoxy) is 3. The van der Waals surface area contributed by atoms with Crippen LogP contribution in [0, 0.1) is 0 Å². The number of benzene rings is 2. The minimum atomic E-state index is -0.309. The number of hydrogen-bond donors (Lipinski definition) is 1. The molecule has 7 heteroatoms. The molecule has 0 saturated carbocycles. The molecular weight excluding hydrogens is 384 g/mol. The highest BCUT2D eigenvalue weighted by molar-refractivity contribution is 6.04. The number of hydrogen-bond acceptors (Lipinski definition) is 5. The van der Waals surface area contributed by atoms with Crippen LogP contribution in [-0.4, -0.2) is 31.3 Å². The number of methoxy groups -OCH3 is 2. The minimum Gasteiger partial charge on any atom is -0.497 e. The summed E-state index contributed by atoms with van der Waals surface area (Å²) in [6.07, 6.45) is 1.54. The molecule has 0 aliphatic rings. The molecule has 3 aromatic rings. The van der Waals surface area contributed by atoms with E-state index in [1.54, 1.807) is 44.6 Å². The number of nitrogens with one attached hydrogen (secondary N) is 1. The fourth-order valence-electron chi connectivity index (χ4n) is 2.95. The largest absolute Gasteiger partial charge is 0.497 e. The van der Waals surface area contributed by atoms with E-state index < -0.39 is 0 Å². The number of aromatic nitrogens is 1. The predicted octanol–water partition coefficient (Wildman–Crippen LogP) is 3.56. The summed E-state index contributed by atoms with van der Waals surface area (Å²) < 4.78 is 17.4. The number of nitrogens with zero attached hydrogens (tertiary/aromatic N) is 1. The summed E-state index contributed by atoms with van der Waals surface area (Å²) in [6, 6.07) is 15.4. The second-order valence-electron chi connectivity index (χ2n) is 6.52. The third-order valence-electron chi connectivity index (χ3n) is 4.43. The molecule has 7 nitrogen and oxygen atoms in total. The number of pyridine rings is 1. The lowest BCUT2D eigenvalue weighted by Crippen LogP contribution is -2.22. The van der Waals surface area contributed by atoms with Crippen LogP contribution < -0.4 is 25.1 Å². The molecule has 1 aromatic heterocycles. The van der Waals surface area contributed by atoms with Crippen molar-refractivity contribution in [3.63, 3.8) is 0 Å². The fraction of sp³-hybridized carbons (Fsp3) is 0.217. The van der Waals surface area contributed by atoms with Crippen molar-refractivity contribution < 1.29 is 19.0 Å². The highest BCUT2D eigenvalue weighted by Crippen LogP contribution is 2.23. The second-order valence-corrected chi connectivity index (χ2v) is 6.52. The molecular formula is C23H24N2O5. The van der Waals surface area contributed by atoms with Crippen LogP contribution in [0.25, 0.3) is 0 Å². The van der Waals surface area contributed by atoms with Gasteiger partial charge in [-0.15, -0.1) is 0 Å². The summed E-state index contributed by atoms with van der Waals surface area (Å²) in [6.45, 7) is 2.76. The topological polar surface area (TPSA) is 78.8 Å². The van der Waals surface area contributed by atoms with Gasteiger partial charge in [0, 0.05) is 24.0 Å². The van der Waals surface area contributed by atoms with Crippen LogP contribution in [0.5, 0.6) is 17.2 Å². The van der Waals surface area contributed by atoms with Gasteiger partial charge in [0.05, 0.1) is 32.9 Å². The third-order valence-corrected chi connectivity index (χ3v) is 4.43. The lowest BCUT2D eigenvalue weighted by molar-refractivity contribution is 0.102. The molecule has 2 aromatic carbocycles. The van der Waals surface area contributed by atoms with E-state index in [0.29, 0.717) is 29.4 Å². The van der Waals surface area contributed by atoms with Crippen LogP contribution in [0.2, 0.25) is 0 Å². The molecule has 0 spiro atoms. The minimum absolute atomic E-state index is 0.214. The van der Waals surface area contributed by atoms with Crippen molar-refractivity contribution in [3.05, 3.63) is 82.3 Å². The lowest BCUT2D eigenvalue weighted by atomic mass is 10.2. The molecule has 1 amide bonds. The summed E-state index contributed by atoms with van der Waals surface area (Å²) >= 11 is 0. The van der Waals surface area contributed by atoms with E-state index in [1.165, 1.54) is 22.9 Å². The van der Waals surface area contributed by atoms with E-state index in [2.05, 4.69) is 5.32 Å². The summed E-state index contributed by atoms with van der Waals surface area (Å²) in [4.78, 5) is 25.0. The van der Waals surface area contributed by atoms with E-state index in [0.717, 1.165) is 11.3 Å². The maximum absolute atomic E-state index is 12.6. The average Bonchev–Trinajstić information content (AvgIpc) is 2.76. The van der Waals surface area contributed by atoms with Gasteiger partial charge >= 0.3 is 0 Å². The van der Waals surface area contributed by atoms with Crippen molar-refractivity contribution in [3.8, 4) is 17.2 Å². The Labute approximate surface area is 174 Å². The molecule has 0 aliphatic heterocycles. The highest BCUT2D eigenvalue weighted by atomic mass is 16.5. The molecule has 0 radical (unpaired) electrons. The second kappa shape index (κ2) is 9.65. The monoisotopic (exact) mass is 408 g/mol. The molecule has 0 saturated heterocycles. The van der Waals surface area contributed by atoms with Crippen LogP contribution in [0.4, 0.5) is 5.69 Å². The Morgan fingerprint density at radius 3 is 2.20 bits per heavy atom. The van der Waals surface area contributed by atoms with Gasteiger partial charge in [-0.05, 0) is 55.0 Å². The first-order chi connectivity index (χ1) is 14.5. The first kappa shape index (κ1) is 21.0. The third kappa shape index (κ3) is 5.20. The van der Waals surface area contributed by atoms with Crippen molar-refractivity contribution in [2.75, 3.05) is 26.1 Å². The zero-order valence-corrected chi connectivity index (χ0v) is 17.2. The van der Waals surface area contributed by atoms with Crippen molar-refractivity contribution in [2.45, 2.75) is 13.5 Å². The molecule has 156 valence electrons. The maximum Gasteiger partial charge on any atom is 0.257 e. The average molecular weight is 408 g/mol. The Bertz CT molecular complexity index is 1050. The summed E-state index contributed by atoms with van der Waals surface area (Å²) in [5.74, 6) is 1.68. The normalized spacial score (nSPS) is 10.4. The predicted molar refractivity (Wildman–Crippen MR) is 115 cm³/mol. The Balaban J connectivity index is 1.79. The van der Waals surface area contributed by atoms with E-state index in [-0.39, 0.29) is 18.0 Å². The number of rotatable bonds is 8. The highest BCUT2D eigenvalue weighted by Gasteiger charge is 2.10. The maximum atomic E-state index is 12.6. The molecule has 0 fully saturated rings. The van der Waals surface area contributed by atoms with Gasteiger partial charge in [-0.25, -0.2) is 0 Å². The first-order valence-corrected chi connectivity index (χ1v) is 9.49. The van der Waals surface area contributed by atoms with Crippen molar-refractivity contribution >= 4 is 11.6 Å². The van der Waals surface area contributed by atoms with Crippen LogP contribution in [0.3, 0.4) is 0 Å². The molecule has 0 bridgehead atoms. The zero-order chi connectivity index (χ0) is 21.5. The Morgan fingerprint density at radius 1 is 0.933 bits per heavy atom. The lowest BCUT2D eigenvalue weighted by Gasteiger charge is -2.12. The Kier molecular flexibility index (Phi) is 6.75. The number of carbonyl (C=O) groups is 1. The van der Waals surface area contributed by atoms with Gasteiger partial charge in [-0.3, -0.25) is 9.59 Å². The van der Waals surface area contributed by atoms with Crippen LogP contribution >= 0.6 is 0 Å². The molecule has 1 heterocycles. The Morgan fingerprint density at radius 2 is 1.60 bits per heavy atom. The van der Waals surface area contributed by atoms with Crippen molar-refractivity contribution in [1.82, 2.24) is 4.57 Å². The van der Waals surface area contributed by atoms with Crippen LogP contribution in [0.1, 0.15) is 22.8 Å². The Hall–Kier alpha value is -3.74. The van der Waals surface area contributed by atoms with Crippen molar-refractivity contribution in [1.29, 1.82) is 0 Å². The van der Waals surface area contributed by atoms with Gasteiger partial charge in [-0.2, -0.15) is 0 Å². The zero-order valence-electron chi connectivity index (χ0n) is 17.2. The number of anilines is 1. The van der Waals surface area contributed by atoms with E-state index in [1.807, 2.05) is 19.1 Å². The summed E-state index contributed by atoms with van der Waals surface area (Å²) in [5.41, 5.74) is 1.61. The van der Waals surface area contributed by atoms with Gasteiger partial charge in [0.2, 0.25) is 0 Å². The first-order valence-electron chi connectivity index (χ1n) is 9.49. The van der Waals surface area contributed by atoms with Crippen LogP contribution in [-0.2, 0) is 6.54 Å². The quantitative estimate of drug-likeness (QED) is 0.617.